The summed E-state index contributed by atoms with van der Waals surface area (Å²) in [5.41, 5.74) is 1.43. The van der Waals surface area contributed by atoms with Crippen LogP contribution in [0.4, 0.5) is 4.79 Å². The monoisotopic (exact) mass is 351 g/mol. The number of carbonyl (C=O) groups excluding carboxylic acids is 3. The van der Waals surface area contributed by atoms with Crippen molar-refractivity contribution >= 4 is 51.7 Å². The molecule has 2 aromatic rings. The Morgan fingerprint density at radius 2 is 2.22 bits per heavy atom. The second-order valence-corrected chi connectivity index (χ2v) is 6.54. The highest BCUT2D eigenvalue weighted by Crippen LogP contribution is 2.22. The molecule has 0 unspecified atom stereocenters. The molecule has 0 spiro atoms. The molecule has 0 atom stereocenters. The summed E-state index contributed by atoms with van der Waals surface area (Å²) >= 11 is 2.18. The summed E-state index contributed by atoms with van der Waals surface area (Å²) in [6.07, 6.45) is 0. The summed E-state index contributed by atoms with van der Waals surface area (Å²) in [5, 5.41) is 2.84. The predicted octanol–water partition coefficient (Wildman–Crippen LogP) is 1.73. The molecule has 1 aromatic carbocycles. The summed E-state index contributed by atoms with van der Waals surface area (Å²) in [6.45, 7) is 0.439. The molecule has 2 heterocycles. The summed E-state index contributed by atoms with van der Waals surface area (Å²) in [4.78, 5) is 40.0. The fraction of sp³-hybridized carbons (Fsp3) is 0.286. The van der Waals surface area contributed by atoms with Crippen molar-refractivity contribution in [2.75, 3.05) is 24.6 Å². The molecule has 7 nitrogen and oxygen atoms in total. The minimum atomic E-state index is -0.259. The first kappa shape index (κ1) is 15.9. The Kier molecular flexibility index (Phi) is 4.87. The van der Waals surface area contributed by atoms with Gasteiger partial charge in [-0.05, 0) is 12.1 Å². The van der Waals surface area contributed by atoms with Crippen molar-refractivity contribution in [3.05, 3.63) is 24.3 Å². The van der Waals surface area contributed by atoms with Crippen molar-refractivity contribution in [1.82, 2.24) is 15.2 Å². The number of para-hydroxylation sites is 2. The van der Waals surface area contributed by atoms with Crippen LogP contribution in [0.1, 0.15) is 0 Å². The molecule has 1 aromatic heterocycles. The number of amides is 3. The number of imide groups is 1. The van der Waals surface area contributed by atoms with Gasteiger partial charge in [0, 0.05) is 13.1 Å². The lowest BCUT2D eigenvalue weighted by Crippen LogP contribution is -2.38. The van der Waals surface area contributed by atoms with E-state index in [1.807, 2.05) is 24.3 Å². The maximum absolute atomic E-state index is 11.8. The Bertz CT molecular complexity index is 712. The first-order chi connectivity index (χ1) is 11.1. The lowest BCUT2D eigenvalue weighted by molar-refractivity contribution is -0.125. The fourth-order valence-electron chi connectivity index (χ4n) is 2.00. The van der Waals surface area contributed by atoms with Crippen LogP contribution in [-0.4, -0.2) is 51.5 Å². The first-order valence-electron chi connectivity index (χ1n) is 6.85. The third-order valence-corrected chi connectivity index (χ3v) is 4.79. The molecule has 1 saturated heterocycles. The normalized spacial score (nSPS) is 14.7. The number of hydrogen-bond donors (Lipinski definition) is 1. The van der Waals surface area contributed by atoms with Crippen LogP contribution in [0.25, 0.3) is 11.1 Å². The topological polar surface area (TPSA) is 92.5 Å². The van der Waals surface area contributed by atoms with Gasteiger partial charge in [0.2, 0.25) is 11.8 Å². The molecule has 23 heavy (non-hydrogen) atoms. The highest BCUT2D eigenvalue weighted by atomic mass is 32.2. The number of thioether (sulfide) groups is 2. The molecule has 0 radical (unpaired) electrons. The van der Waals surface area contributed by atoms with Gasteiger partial charge in [-0.2, -0.15) is 0 Å². The van der Waals surface area contributed by atoms with Gasteiger partial charge < -0.3 is 9.73 Å². The van der Waals surface area contributed by atoms with E-state index in [4.69, 9.17) is 4.42 Å². The summed E-state index contributed by atoms with van der Waals surface area (Å²) in [6, 6.07) is 7.37. The van der Waals surface area contributed by atoms with Crippen LogP contribution >= 0.6 is 23.5 Å². The molecular weight excluding hydrogens is 338 g/mol. The molecule has 120 valence electrons. The molecule has 1 fully saturated rings. The van der Waals surface area contributed by atoms with Crippen molar-refractivity contribution in [2.24, 2.45) is 0 Å². The lowest BCUT2D eigenvalue weighted by Gasteiger charge is -2.12. The van der Waals surface area contributed by atoms with E-state index in [2.05, 4.69) is 10.3 Å². The largest absolute Gasteiger partial charge is 0.431 e. The maximum Gasteiger partial charge on any atom is 0.288 e. The smallest absolute Gasteiger partial charge is 0.288 e. The van der Waals surface area contributed by atoms with Crippen molar-refractivity contribution in [1.29, 1.82) is 0 Å². The maximum atomic E-state index is 11.8. The van der Waals surface area contributed by atoms with E-state index in [0.29, 0.717) is 10.8 Å². The summed E-state index contributed by atoms with van der Waals surface area (Å²) in [7, 11) is 0. The van der Waals surface area contributed by atoms with E-state index in [-0.39, 0.29) is 41.6 Å². The Labute approximate surface area is 140 Å². The summed E-state index contributed by atoms with van der Waals surface area (Å²) in [5.74, 6) is -0.0804. The molecule has 0 bridgehead atoms. The SMILES string of the molecule is O=C(CSc1nc2ccccc2o1)NCCN1C(=O)CSC1=O. The molecule has 9 heteroatoms. The number of oxazole rings is 1. The van der Waals surface area contributed by atoms with Gasteiger partial charge in [0.25, 0.3) is 10.5 Å². The Hall–Kier alpha value is -2.00. The zero-order chi connectivity index (χ0) is 16.2. The van der Waals surface area contributed by atoms with Crippen LogP contribution in [0.3, 0.4) is 0 Å². The highest BCUT2D eigenvalue weighted by molar-refractivity contribution is 8.14. The zero-order valence-corrected chi connectivity index (χ0v) is 13.6. The number of fused-ring (bicyclic) bond motifs is 1. The standard InChI is InChI=1S/C14H13N3O4S2/c18-11(15-5-6-17-12(19)8-23-14(17)20)7-22-13-16-9-3-1-2-4-10(9)21-13/h1-4H,5-8H2,(H,15,18). The van der Waals surface area contributed by atoms with Crippen LogP contribution in [-0.2, 0) is 9.59 Å². The van der Waals surface area contributed by atoms with Gasteiger partial charge in [0.05, 0.1) is 11.5 Å². The number of hydrogen-bond acceptors (Lipinski definition) is 7. The Balaban J connectivity index is 1.42. The van der Waals surface area contributed by atoms with Gasteiger partial charge in [-0.15, -0.1) is 0 Å². The van der Waals surface area contributed by atoms with Crippen molar-refractivity contribution in [3.8, 4) is 0 Å². The van der Waals surface area contributed by atoms with Gasteiger partial charge in [0.15, 0.2) is 5.58 Å². The van der Waals surface area contributed by atoms with E-state index in [1.165, 1.54) is 11.8 Å². The molecular formula is C14H13N3O4S2. The Morgan fingerprint density at radius 1 is 1.39 bits per heavy atom. The van der Waals surface area contributed by atoms with E-state index >= 15 is 0 Å². The molecule has 3 amide bonds. The number of rotatable bonds is 6. The van der Waals surface area contributed by atoms with Crippen molar-refractivity contribution < 1.29 is 18.8 Å². The molecule has 3 rings (SSSR count). The molecule has 1 aliphatic heterocycles. The van der Waals surface area contributed by atoms with Gasteiger partial charge in [-0.3, -0.25) is 19.3 Å². The first-order valence-corrected chi connectivity index (χ1v) is 8.83. The van der Waals surface area contributed by atoms with Crippen LogP contribution in [0.5, 0.6) is 0 Å². The van der Waals surface area contributed by atoms with Gasteiger partial charge >= 0.3 is 0 Å². The zero-order valence-electron chi connectivity index (χ0n) is 12.0. The van der Waals surface area contributed by atoms with Gasteiger partial charge in [0.1, 0.15) is 5.52 Å². The third-order valence-electron chi connectivity index (χ3n) is 3.10. The summed E-state index contributed by atoms with van der Waals surface area (Å²) < 4.78 is 5.50. The third kappa shape index (κ3) is 3.85. The Morgan fingerprint density at radius 3 is 2.96 bits per heavy atom. The second-order valence-electron chi connectivity index (χ2n) is 4.69. The van der Waals surface area contributed by atoms with E-state index in [9.17, 15) is 14.4 Å². The van der Waals surface area contributed by atoms with Gasteiger partial charge in [-0.1, -0.05) is 35.7 Å². The second kappa shape index (κ2) is 7.05. The number of nitrogens with one attached hydrogen (secondary N) is 1. The molecule has 1 aliphatic rings. The van der Waals surface area contributed by atoms with E-state index in [0.717, 1.165) is 22.2 Å². The van der Waals surface area contributed by atoms with Crippen molar-refractivity contribution in [2.45, 2.75) is 5.22 Å². The quantitative estimate of drug-likeness (QED) is 0.792. The predicted molar refractivity (Wildman–Crippen MR) is 87.3 cm³/mol. The van der Waals surface area contributed by atoms with Crippen LogP contribution in [0.15, 0.2) is 33.9 Å². The molecule has 0 saturated carbocycles. The van der Waals surface area contributed by atoms with Crippen molar-refractivity contribution in [3.63, 3.8) is 0 Å². The number of carbonyl (C=O) groups is 3. The average Bonchev–Trinajstić information content (AvgIpc) is 3.10. The fourth-order valence-corrected chi connectivity index (χ4v) is 3.42. The average molecular weight is 351 g/mol. The number of aromatic nitrogens is 1. The molecule has 1 N–H and O–H groups in total. The van der Waals surface area contributed by atoms with E-state index < -0.39 is 0 Å². The highest BCUT2D eigenvalue weighted by Gasteiger charge is 2.29. The number of benzene rings is 1. The minimum Gasteiger partial charge on any atom is -0.431 e. The minimum absolute atomic E-state index is 0.156. The van der Waals surface area contributed by atoms with Crippen LogP contribution in [0.2, 0.25) is 0 Å². The van der Waals surface area contributed by atoms with Crippen LogP contribution in [0, 0.1) is 0 Å². The number of nitrogens with zero attached hydrogens (tertiary/aromatic N) is 2. The lowest BCUT2D eigenvalue weighted by atomic mass is 10.3. The molecule has 0 aliphatic carbocycles. The van der Waals surface area contributed by atoms with Gasteiger partial charge in [-0.25, -0.2) is 4.98 Å². The van der Waals surface area contributed by atoms with E-state index in [1.54, 1.807) is 0 Å². The van der Waals surface area contributed by atoms with Crippen LogP contribution < -0.4 is 5.32 Å².